The zero-order valence-electron chi connectivity index (χ0n) is 11.7. The van der Waals surface area contributed by atoms with Gasteiger partial charge in [0.05, 0.1) is 18.1 Å². The Balaban J connectivity index is 1.99. The number of carbonyl (C=O) groups is 1. The summed E-state index contributed by atoms with van der Waals surface area (Å²) in [5.74, 6) is 0.592. The first-order valence-corrected chi connectivity index (χ1v) is 6.19. The average molecular weight is 271 g/mol. The standard InChI is InChI=1S/C14H17N5O/c1-10-6-4-5-7-12(10)18-14(20)17-11-8-15-13(16-9-11)19(2)3/h4-9H,1-3H3,(H2,17,18,20). The number of aromatic nitrogens is 2. The van der Waals surface area contributed by atoms with Crippen LogP contribution in [-0.4, -0.2) is 30.1 Å². The van der Waals surface area contributed by atoms with Crippen LogP contribution >= 0.6 is 0 Å². The van der Waals surface area contributed by atoms with Crippen LogP contribution in [-0.2, 0) is 0 Å². The fourth-order valence-electron chi connectivity index (χ4n) is 1.61. The number of urea groups is 1. The molecule has 2 rings (SSSR count). The van der Waals surface area contributed by atoms with Gasteiger partial charge >= 0.3 is 6.03 Å². The van der Waals surface area contributed by atoms with Crippen molar-refractivity contribution in [1.82, 2.24) is 9.97 Å². The Morgan fingerprint density at radius 3 is 2.35 bits per heavy atom. The SMILES string of the molecule is Cc1ccccc1NC(=O)Nc1cnc(N(C)C)nc1. The van der Waals surface area contributed by atoms with E-state index in [1.165, 1.54) is 0 Å². The lowest BCUT2D eigenvalue weighted by Crippen LogP contribution is -2.20. The van der Waals surface area contributed by atoms with Gasteiger partial charge in [0.25, 0.3) is 0 Å². The topological polar surface area (TPSA) is 70.2 Å². The molecule has 0 aliphatic rings. The molecule has 1 heterocycles. The molecule has 2 aromatic rings. The summed E-state index contributed by atoms with van der Waals surface area (Å²) in [7, 11) is 3.71. The molecular formula is C14H17N5O. The molecule has 0 saturated carbocycles. The summed E-state index contributed by atoms with van der Waals surface area (Å²) in [6.07, 6.45) is 3.14. The first-order valence-electron chi connectivity index (χ1n) is 6.19. The predicted octanol–water partition coefficient (Wildman–Crippen LogP) is 2.50. The monoisotopic (exact) mass is 271 g/mol. The Labute approximate surface area is 117 Å². The Kier molecular flexibility index (Phi) is 4.14. The number of aryl methyl sites for hydroxylation is 1. The van der Waals surface area contributed by atoms with Gasteiger partial charge in [-0.2, -0.15) is 0 Å². The maximum absolute atomic E-state index is 11.9. The zero-order chi connectivity index (χ0) is 14.5. The highest BCUT2D eigenvalue weighted by Gasteiger charge is 2.05. The molecule has 1 aromatic heterocycles. The molecule has 0 bridgehead atoms. The van der Waals surface area contributed by atoms with Gasteiger partial charge in [-0.15, -0.1) is 0 Å². The molecule has 2 N–H and O–H groups in total. The van der Waals surface area contributed by atoms with Gasteiger partial charge in [0.1, 0.15) is 0 Å². The quantitative estimate of drug-likeness (QED) is 0.899. The number of para-hydroxylation sites is 1. The van der Waals surface area contributed by atoms with E-state index in [4.69, 9.17) is 0 Å². The highest BCUT2D eigenvalue weighted by atomic mass is 16.2. The van der Waals surface area contributed by atoms with Crippen LogP contribution in [0.1, 0.15) is 5.56 Å². The lowest BCUT2D eigenvalue weighted by molar-refractivity contribution is 0.262. The maximum atomic E-state index is 11.9. The van der Waals surface area contributed by atoms with Crippen LogP contribution in [0.4, 0.5) is 22.1 Å². The molecule has 1 aromatic carbocycles. The largest absolute Gasteiger partial charge is 0.347 e. The molecule has 0 aliphatic heterocycles. The Morgan fingerprint density at radius 1 is 1.10 bits per heavy atom. The molecule has 0 atom stereocenters. The second-order valence-corrected chi connectivity index (χ2v) is 4.56. The van der Waals surface area contributed by atoms with Gasteiger partial charge in [-0.25, -0.2) is 14.8 Å². The van der Waals surface area contributed by atoms with E-state index in [0.717, 1.165) is 11.3 Å². The van der Waals surface area contributed by atoms with Gasteiger partial charge in [-0.3, -0.25) is 0 Å². The van der Waals surface area contributed by atoms with Crippen LogP contribution in [0, 0.1) is 6.92 Å². The molecule has 0 radical (unpaired) electrons. The number of nitrogens with one attached hydrogen (secondary N) is 2. The fourth-order valence-corrected chi connectivity index (χ4v) is 1.61. The van der Waals surface area contributed by atoms with Gasteiger partial charge < -0.3 is 15.5 Å². The highest BCUT2D eigenvalue weighted by molar-refractivity contribution is 6.00. The van der Waals surface area contributed by atoms with Gasteiger partial charge in [0.15, 0.2) is 0 Å². The van der Waals surface area contributed by atoms with Crippen molar-refractivity contribution in [2.75, 3.05) is 29.6 Å². The normalized spacial score (nSPS) is 9.95. The van der Waals surface area contributed by atoms with E-state index >= 15 is 0 Å². The number of amides is 2. The van der Waals surface area contributed by atoms with E-state index in [1.807, 2.05) is 45.3 Å². The van der Waals surface area contributed by atoms with E-state index in [1.54, 1.807) is 17.3 Å². The van der Waals surface area contributed by atoms with Crippen LogP contribution < -0.4 is 15.5 Å². The maximum Gasteiger partial charge on any atom is 0.323 e. The van der Waals surface area contributed by atoms with Crippen molar-refractivity contribution in [3.05, 3.63) is 42.2 Å². The molecule has 6 nitrogen and oxygen atoms in total. The summed E-state index contributed by atoms with van der Waals surface area (Å²) in [5, 5.41) is 5.47. The average Bonchev–Trinajstić information content (AvgIpc) is 2.42. The van der Waals surface area contributed by atoms with Crippen molar-refractivity contribution in [3.63, 3.8) is 0 Å². The summed E-state index contributed by atoms with van der Waals surface area (Å²) >= 11 is 0. The van der Waals surface area contributed by atoms with Gasteiger partial charge in [0.2, 0.25) is 5.95 Å². The lowest BCUT2D eigenvalue weighted by atomic mass is 10.2. The smallest absolute Gasteiger partial charge is 0.323 e. The van der Waals surface area contributed by atoms with Crippen LogP contribution in [0.2, 0.25) is 0 Å². The number of rotatable bonds is 3. The molecule has 20 heavy (non-hydrogen) atoms. The lowest BCUT2D eigenvalue weighted by Gasteiger charge is -2.11. The molecular weight excluding hydrogens is 254 g/mol. The van der Waals surface area contributed by atoms with E-state index in [0.29, 0.717) is 11.6 Å². The summed E-state index contributed by atoms with van der Waals surface area (Å²) in [6, 6.07) is 7.26. The molecule has 0 saturated heterocycles. The van der Waals surface area contributed by atoms with Gasteiger partial charge in [-0.05, 0) is 18.6 Å². The second kappa shape index (κ2) is 6.01. The molecule has 0 spiro atoms. The first-order chi connectivity index (χ1) is 9.56. The predicted molar refractivity (Wildman–Crippen MR) is 80.2 cm³/mol. The third-order valence-corrected chi connectivity index (χ3v) is 2.69. The molecule has 6 heteroatoms. The number of nitrogens with zero attached hydrogens (tertiary/aromatic N) is 3. The highest BCUT2D eigenvalue weighted by Crippen LogP contribution is 2.14. The van der Waals surface area contributed by atoms with Crippen molar-refractivity contribution >= 4 is 23.4 Å². The second-order valence-electron chi connectivity index (χ2n) is 4.56. The van der Waals surface area contributed by atoms with Crippen LogP contribution in [0.5, 0.6) is 0 Å². The van der Waals surface area contributed by atoms with E-state index in [-0.39, 0.29) is 6.03 Å². The van der Waals surface area contributed by atoms with Crippen molar-refractivity contribution in [2.45, 2.75) is 6.92 Å². The van der Waals surface area contributed by atoms with E-state index in [2.05, 4.69) is 20.6 Å². The van der Waals surface area contributed by atoms with Crippen LogP contribution in [0.15, 0.2) is 36.7 Å². The molecule has 2 amide bonds. The van der Waals surface area contributed by atoms with Crippen molar-refractivity contribution < 1.29 is 4.79 Å². The summed E-state index contributed by atoms with van der Waals surface area (Å²) < 4.78 is 0. The van der Waals surface area contributed by atoms with Crippen molar-refractivity contribution in [1.29, 1.82) is 0 Å². The Morgan fingerprint density at radius 2 is 1.75 bits per heavy atom. The number of benzene rings is 1. The molecule has 104 valence electrons. The number of anilines is 3. The van der Waals surface area contributed by atoms with Crippen LogP contribution in [0.25, 0.3) is 0 Å². The van der Waals surface area contributed by atoms with Crippen LogP contribution in [0.3, 0.4) is 0 Å². The fraction of sp³-hybridized carbons (Fsp3) is 0.214. The van der Waals surface area contributed by atoms with E-state index < -0.39 is 0 Å². The molecule has 0 fully saturated rings. The minimum Gasteiger partial charge on any atom is -0.347 e. The first kappa shape index (κ1) is 13.8. The van der Waals surface area contributed by atoms with Crippen molar-refractivity contribution in [3.8, 4) is 0 Å². The minimum absolute atomic E-state index is 0.319. The van der Waals surface area contributed by atoms with E-state index in [9.17, 15) is 4.79 Å². The third kappa shape index (κ3) is 3.44. The number of hydrogen-bond acceptors (Lipinski definition) is 4. The number of hydrogen-bond donors (Lipinski definition) is 2. The zero-order valence-corrected chi connectivity index (χ0v) is 11.7. The molecule has 0 unspecified atom stereocenters. The van der Waals surface area contributed by atoms with Crippen molar-refractivity contribution in [2.24, 2.45) is 0 Å². The van der Waals surface area contributed by atoms with Gasteiger partial charge in [0, 0.05) is 19.8 Å². The molecule has 0 aliphatic carbocycles. The summed E-state index contributed by atoms with van der Waals surface area (Å²) in [4.78, 5) is 21.9. The summed E-state index contributed by atoms with van der Waals surface area (Å²) in [5.41, 5.74) is 2.32. The Hall–Kier alpha value is -2.63. The Bertz CT molecular complexity index is 595. The third-order valence-electron chi connectivity index (χ3n) is 2.69. The number of carbonyl (C=O) groups excluding carboxylic acids is 1. The minimum atomic E-state index is -0.319. The summed E-state index contributed by atoms with van der Waals surface area (Å²) in [6.45, 7) is 1.94. The van der Waals surface area contributed by atoms with Gasteiger partial charge in [-0.1, -0.05) is 18.2 Å².